The van der Waals surface area contributed by atoms with Crippen molar-refractivity contribution in [2.75, 3.05) is 20.0 Å². The van der Waals surface area contributed by atoms with Gasteiger partial charge < -0.3 is 20.3 Å². The van der Waals surface area contributed by atoms with Crippen LogP contribution < -0.4 is 15.2 Å². The second-order valence-corrected chi connectivity index (χ2v) is 3.83. The topological polar surface area (TPSA) is 90.5 Å². The maximum atomic E-state index is 9.05. The molecule has 1 heterocycles. The second-order valence-electron chi connectivity index (χ2n) is 3.83. The van der Waals surface area contributed by atoms with Crippen molar-refractivity contribution in [3.05, 3.63) is 30.0 Å². The zero-order chi connectivity index (χ0) is 13.8. The first-order chi connectivity index (χ1) is 9.19. The third-order valence-electron chi connectivity index (χ3n) is 2.72. The Morgan fingerprint density at radius 1 is 1.26 bits per heavy atom. The highest BCUT2D eigenvalue weighted by Gasteiger charge is 2.11. The van der Waals surface area contributed by atoms with E-state index in [1.165, 1.54) is 6.20 Å². The highest BCUT2D eigenvalue weighted by Crippen LogP contribution is 2.31. The molecule has 0 aliphatic carbocycles. The standard InChI is InChI=1S/C13H15N3O3/c1-18-9-3-4-10(11(5-9)19-2)13-15-6-8(7-17)12(14)16-13/h3-6,17H,7H2,1-2H3,(H2,14,15,16). The average Bonchev–Trinajstić information content (AvgIpc) is 2.46. The van der Waals surface area contributed by atoms with Crippen molar-refractivity contribution >= 4 is 5.82 Å². The Hall–Kier alpha value is -2.34. The van der Waals surface area contributed by atoms with Gasteiger partial charge in [0.25, 0.3) is 0 Å². The lowest BCUT2D eigenvalue weighted by atomic mass is 10.1. The number of hydrogen-bond acceptors (Lipinski definition) is 6. The molecule has 0 saturated carbocycles. The van der Waals surface area contributed by atoms with E-state index in [1.807, 2.05) is 0 Å². The number of nitrogen functional groups attached to an aromatic ring is 1. The summed E-state index contributed by atoms with van der Waals surface area (Å²) in [6, 6.07) is 5.33. The molecule has 0 atom stereocenters. The van der Waals surface area contributed by atoms with Gasteiger partial charge in [0.05, 0.1) is 26.4 Å². The molecule has 0 unspecified atom stereocenters. The van der Waals surface area contributed by atoms with Crippen LogP contribution in [-0.2, 0) is 6.61 Å². The van der Waals surface area contributed by atoms with E-state index in [0.29, 0.717) is 28.5 Å². The van der Waals surface area contributed by atoms with Crippen LogP contribution in [0.3, 0.4) is 0 Å². The third-order valence-corrected chi connectivity index (χ3v) is 2.72. The Labute approximate surface area is 110 Å². The second kappa shape index (κ2) is 5.53. The minimum absolute atomic E-state index is 0.189. The van der Waals surface area contributed by atoms with Gasteiger partial charge >= 0.3 is 0 Å². The molecule has 0 amide bonds. The molecule has 6 nitrogen and oxygen atoms in total. The number of aliphatic hydroxyl groups excluding tert-OH is 1. The Balaban J connectivity index is 2.49. The summed E-state index contributed by atoms with van der Waals surface area (Å²) in [6.07, 6.45) is 1.50. The van der Waals surface area contributed by atoms with E-state index in [9.17, 15) is 0 Å². The molecule has 0 saturated heterocycles. The smallest absolute Gasteiger partial charge is 0.165 e. The van der Waals surface area contributed by atoms with Crippen LogP contribution in [0, 0.1) is 0 Å². The van der Waals surface area contributed by atoms with Gasteiger partial charge in [0.1, 0.15) is 17.3 Å². The van der Waals surface area contributed by atoms with Crippen LogP contribution in [0.5, 0.6) is 11.5 Å². The largest absolute Gasteiger partial charge is 0.497 e. The maximum Gasteiger partial charge on any atom is 0.165 e. The molecule has 2 rings (SSSR count). The van der Waals surface area contributed by atoms with Crippen molar-refractivity contribution < 1.29 is 14.6 Å². The number of methoxy groups -OCH3 is 2. The fourth-order valence-corrected chi connectivity index (χ4v) is 1.65. The van der Waals surface area contributed by atoms with Crippen molar-refractivity contribution in [3.8, 4) is 22.9 Å². The van der Waals surface area contributed by atoms with E-state index in [0.717, 1.165) is 0 Å². The highest BCUT2D eigenvalue weighted by atomic mass is 16.5. The number of anilines is 1. The number of benzene rings is 1. The zero-order valence-electron chi connectivity index (χ0n) is 10.8. The van der Waals surface area contributed by atoms with Gasteiger partial charge in [-0.05, 0) is 12.1 Å². The number of ether oxygens (including phenoxy) is 2. The predicted molar refractivity (Wildman–Crippen MR) is 70.9 cm³/mol. The molecule has 0 bridgehead atoms. The molecule has 3 N–H and O–H groups in total. The van der Waals surface area contributed by atoms with Crippen LogP contribution in [0.2, 0.25) is 0 Å². The van der Waals surface area contributed by atoms with Gasteiger partial charge in [-0.2, -0.15) is 0 Å². The quantitative estimate of drug-likeness (QED) is 0.860. The summed E-state index contributed by atoms with van der Waals surface area (Å²) < 4.78 is 10.4. The molecular formula is C13H15N3O3. The first-order valence-electron chi connectivity index (χ1n) is 5.64. The van der Waals surface area contributed by atoms with Crippen molar-refractivity contribution in [2.45, 2.75) is 6.61 Å². The molecule has 0 aliphatic rings. The molecule has 19 heavy (non-hydrogen) atoms. The Morgan fingerprint density at radius 3 is 2.63 bits per heavy atom. The number of rotatable bonds is 4. The van der Waals surface area contributed by atoms with Crippen LogP contribution >= 0.6 is 0 Å². The SMILES string of the molecule is COc1ccc(-c2ncc(CO)c(N)n2)c(OC)c1. The van der Waals surface area contributed by atoms with Crippen molar-refractivity contribution in [3.63, 3.8) is 0 Å². The van der Waals surface area contributed by atoms with Crippen molar-refractivity contribution in [2.24, 2.45) is 0 Å². The van der Waals surface area contributed by atoms with Gasteiger partial charge in [-0.1, -0.05) is 0 Å². The van der Waals surface area contributed by atoms with E-state index in [4.69, 9.17) is 20.3 Å². The molecule has 6 heteroatoms. The van der Waals surface area contributed by atoms with Crippen LogP contribution in [0.15, 0.2) is 24.4 Å². The molecule has 100 valence electrons. The maximum absolute atomic E-state index is 9.05. The molecular weight excluding hydrogens is 246 g/mol. The van der Waals surface area contributed by atoms with Crippen LogP contribution in [0.25, 0.3) is 11.4 Å². The summed E-state index contributed by atoms with van der Waals surface area (Å²) in [7, 11) is 3.14. The lowest BCUT2D eigenvalue weighted by Crippen LogP contribution is -2.02. The van der Waals surface area contributed by atoms with E-state index < -0.39 is 0 Å². The van der Waals surface area contributed by atoms with Crippen LogP contribution in [0.1, 0.15) is 5.56 Å². The van der Waals surface area contributed by atoms with Gasteiger partial charge in [-0.25, -0.2) is 9.97 Å². The Morgan fingerprint density at radius 2 is 2.05 bits per heavy atom. The summed E-state index contributed by atoms with van der Waals surface area (Å²) in [5.74, 6) is 1.97. The molecule has 1 aromatic heterocycles. The van der Waals surface area contributed by atoms with Gasteiger partial charge in [-0.3, -0.25) is 0 Å². The van der Waals surface area contributed by atoms with Crippen molar-refractivity contribution in [1.82, 2.24) is 9.97 Å². The fraction of sp³-hybridized carbons (Fsp3) is 0.231. The number of nitrogens with two attached hydrogens (primary N) is 1. The third kappa shape index (κ3) is 2.58. The van der Waals surface area contributed by atoms with E-state index in [-0.39, 0.29) is 12.4 Å². The number of aromatic nitrogens is 2. The number of hydrogen-bond donors (Lipinski definition) is 2. The lowest BCUT2D eigenvalue weighted by molar-refractivity contribution is 0.281. The van der Waals surface area contributed by atoms with Gasteiger partial charge in [-0.15, -0.1) is 0 Å². The highest BCUT2D eigenvalue weighted by molar-refractivity contribution is 5.67. The molecule has 2 aromatic rings. The number of nitrogens with zero attached hydrogens (tertiary/aromatic N) is 2. The summed E-state index contributed by atoms with van der Waals surface area (Å²) in [5.41, 5.74) is 6.94. The lowest BCUT2D eigenvalue weighted by Gasteiger charge is -2.10. The van der Waals surface area contributed by atoms with Gasteiger partial charge in [0.15, 0.2) is 5.82 Å². The fourth-order valence-electron chi connectivity index (χ4n) is 1.65. The zero-order valence-corrected chi connectivity index (χ0v) is 10.8. The summed E-state index contributed by atoms with van der Waals surface area (Å²) in [5, 5.41) is 9.05. The van der Waals surface area contributed by atoms with E-state index in [2.05, 4.69) is 9.97 Å². The normalized spacial score (nSPS) is 10.3. The Bertz CT molecular complexity index is 587. The minimum Gasteiger partial charge on any atom is -0.497 e. The molecule has 0 aliphatic heterocycles. The molecule has 0 radical (unpaired) electrons. The van der Waals surface area contributed by atoms with E-state index in [1.54, 1.807) is 32.4 Å². The minimum atomic E-state index is -0.189. The first-order valence-corrected chi connectivity index (χ1v) is 5.64. The first kappa shape index (κ1) is 13.1. The monoisotopic (exact) mass is 261 g/mol. The van der Waals surface area contributed by atoms with Gasteiger partial charge in [0, 0.05) is 17.8 Å². The van der Waals surface area contributed by atoms with Crippen LogP contribution in [-0.4, -0.2) is 29.3 Å². The molecule has 0 spiro atoms. The summed E-state index contributed by atoms with van der Waals surface area (Å²) >= 11 is 0. The van der Waals surface area contributed by atoms with Crippen molar-refractivity contribution in [1.29, 1.82) is 0 Å². The number of aliphatic hydroxyl groups is 1. The van der Waals surface area contributed by atoms with Crippen LogP contribution in [0.4, 0.5) is 5.82 Å². The predicted octanol–water partition coefficient (Wildman–Crippen LogP) is 1.24. The van der Waals surface area contributed by atoms with Gasteiger partial charge in [0.2, 0.25) is 0 Å². The summed E-state index contributed by atoms with van der Waals surface area (Å²) in [4.78, 5) is 8.34. The molecule has 0 fully saturated rings. The summed E-state index contributed by atoms with van der Waals surface area (Å²) in [6.45, 7) is -0.189. The molecule has 1 aromatic carbocycles. The Kier molecular flexibility index (Phi) is 3.82. The average molecular weight is 261 g/mol. The van der Waals surface area contributed by atoms with E-state index >= 15 is 0 Å².